The number of benzene rings is 1. The lowest BCUT2D eigenvalue weighted by Crippen LogP contribution is -2.45. The van der Waals surface area contributed by atoms with Crippen LogP contribution in [0.2, 0.25) is 0 Å². The number of ether oxygens (including phenoxy) is 3. The lowest BCUT2D eigenvalue weighted by atomic mass is 9.97. The van der Waals surface area contributed by atoms with Gasteiger partial charge < -0.3 is 24.6 Å². The van der Waals surface area contributed by atoms with Crippen molar-refractivity contribution in [3.8, 4) is 11.6 Å². The van der Waals surface area contributed by atoms with Crippen LogP contribution in [0.1, 0.15) is 47.0 Å². The molecule has 8 nitrogen and oxygen atoms in total. The molecule has 0 saturated heterocycles. The molecule has 1 amide bonds. The first kappa shape index (κ1) is 22.0. The molecule has 178 valence electrons. The van der Waals surface area contributed by atoms with Gasteiger partial charge in [-0.3, -0.25) is 4.79 Å². The van der Waals surface area contributed by atoms with Crippen LogP contribution in [0.4, 0.5) is 13.2 Å². The van der Waals surface area contributed by atoms with Gasteiger partial charge in [-0.05, 0) is 37.0 Å². The van der Waals surface area contributed by atoms with E-state index in [1.54, 1.807) is 4.68 Å². The summed E-state index contributed by atoms with van der Waals surface area (Å²) in [6.07, 6.45) is -2.90. The van der Waals surface area contributed by atoms with Crippen molar-refractivity contribution in [1.29, 1.82) is 0 Å². The molecule has 1 fully saturated rings. The van der Waals surface area contributed by atoms with Crippen molar-refractivity contribution >= 4 is 5.91 Å². The molecular weight excluding hydrogens is 443 g/mol. The summed E-state index contributed by atoms with van der Waals surface area (Å²) in [4.78, 5) is 12.7. The van der Waals surface area contributed by atoms with Crippen LogP contribution in [0.3, 0.4) is 0 Å². The summed E-state index contributed by atoms with van der Waals surface area (Å²) in [6.45, 7) is 1.71. The number of hydrogen-bond acceptors (Lipinski definition) is 6. The third-order valence-corrected chi connectivity index (χ3v) is 6.05. The Kier molecular flexibility index (Phi) is 5.69. The van der Waals surface area contributed by atoms with Crippen LogP contribution in [0.15, 0.2) is 24.3 Å². The Morgan fingerprint density at radius 1 is 1.24 bits per heavy atom. The van der Waals surface area contributed by atoms with E-state index in [1.165, 1.54) is 25.0 Å². The number of amides is 1. The van der Waals surface area contributed by atoms with Gasteiger partial charge in [0.25, 0.3) is 5.91 Å². The number of nitrogens with one attached hydrogen (secondary N) is 1. The highest BCUT2D eigenvalue weighted by Gasteiger charge is 2.36. The molecule has 2 aliphatic heterocycles. The molecule has 1 aromatic carbocycles. The van der Waals surface area contributed by atoms with E-state index in [1.807, 2.05) is 0 Å². The molecule has 11 heteroatoms. The van der Waals surface area contributed by atoms with Crippen LogP contribution in [0.5, 0.6) is 11.6 Å². The maximum atomic E-state index is 13.0. The lowest BCUT2D eigenvalue weighted by molar-refractivity contribution is -0.137. The summed E-state index contributed by atoms with van der Waals surface area (Å²) in [7, 11) is 0. The molecule has 3 atom stereocenters. The monoisotopic (exact) mass is 467 g/mol. The number of aromatic nitrogens is 2. The summed E-state index contributed by atoms with van der Waals surface area (Å²) >= 11 is 0. The van der Waals surface area contributed by atoms with Crippen molar-refractivity contribution in [2.24, 2.45) is 5.92 Å². The summed E-state index contributed by atoms with van der Waals surface area (Å²) in [5.74, 6) is 0.694. The van der Waals surface area contributed by atoms with Crippen molar-refractivity contribution < 1.29 is 37.3 Å². The zero-order valence-electron chi connectivity index (χ0n) is 17.7. The number of carbonyl (C=O) groups is 1. The molecule has 3 heterocycles. The molecule has 33 heavy (non-hydrogen) atoms. The fourth-order valence-corrected chi connectivity index (χ4v) is 3.97. The molecule has 3 aliphatic rings. The third-order valence-electron chi connectivity index (χ3n) is 6.05. The van der Waals surface area contributed by atoms with Crippen molar-refractivity contribution in [1.82, 2.24) is 15.1 Å². The maximum absolute atomic E-state index is 13.0. The lowest BCUT2D eigenvalue weighted by Gasteiger charge is -2.31. The van der Waals surface area contributed by atoms with Crippen molar-refractivity contribution in [3.63, 3.8) is 0 Å². The molecule has 2 N–H and O–H groups in total. The van der Waals surface area contributed by atoms with E-state index in [0.29, 0.717) is 31.4 Å². The SMILES string of the molecule is O=C(N[C@H]1COc2ccc(C(F)(F)F)cc2C1O)c1cc2n(n1)CC[C@H](COCC1CC1)O2. The van der Waals surface area contributed by atoms with Gasteiger partial charge in [0.1, 0.15) is 24.6 Å². The van der Waals surface area contributed by atoms with Gasteiger partial charge >= 0.3 is 6.18 Å². The molecule has 2 aromatic rings. The minimum absolute atomic E-state index is 0.0251. The molecule has 1 aromatic heterocycles. The largest absolute Gasteiger partial charge is 0.491 e. The van der Waals surface area contributed by atoms with Gasteiger partial charge in [-0.15, -0.1) is 0 Å². The van der Waals surface area contributed by atoms with Gasteiger partial charge in [0.05, 0.1) is 18.2 Å². The number of aryl methyl sites for hydroxylation is 1. The van der Waals surface area contributed by atoms with Crippen LogP contribution in [0, 0.1) is 5.92 Å². The number of hydrogen-bond donors (Lipinski definition) is 2. The van der Waals surface area contributed by atoms with Crippen LogP contribution in [-0.4, -0.2) is 52.8 Å². The number of alkyl halides is 3. The van der Waals surface area contributed by atoms with Crippen LogP contribution >= 0.6 is 0 Å². The third kappa shape index (κ3) is 4.79. The first-order valence-electron chi connectivity index (χ1n) is 10.9. The maximum Gasteiger partial charge on any atom is 0.416 e. The first-order chi connectivity index (χ1) is 15.8. The van der Waals surface area contributed by atoms with Crippen molar-refractivity contribution in [3.05, 3.63) is 41.1 Å². The van der Waals surface area contributed by atoms with Gasteiger partial charge in [-0.25, -0.2) is 4.68 Å². The Morgan fingerprint density at radius 3 is 2.82 bits per heavy atom. The van der Waals surface area contributed by atoms with Crippen LogP contribution in [-0.2, 0) is 17.5 Å². The number of aliphatic hydroxyl groups excluding tert-OH is 1. The zero-order chi connectivity index (χ0) is 23.2. The Hall–Kier alpha value is -2.79. The standard InChI is InChI=1S/C22H24F3N3O5/c23-22(24,25)13-3-4-18-15(7-13)20(29)17(11-32-18)26-21(30)16-8-19-28(27-16)6-5-14(33-19)10-31-9-12-1-2-12/h3-4,7-8,12,14,17,20,29H,1-2,5-6,9-11H2,(H,26,30)/t14-,17+,20?/m1/s1. The minimum Gasteiger partial charge on any atom is -0.491 e. The fourth-order valence-electron chi connectivity index (χ4n) is 3.97. The molecule has 1 saturated carbocycles. The highest BCUT2D eigenvalue weighted by atomic mass is 19.4. The molecule has 5 rings (SSSR count). The highest BCUT2D eigenvalue weighted by molar-refractivity contribution is 5.92. The van der Waals surface area contributed by atoms with E-state index in [-0.39, 0.29) is 29.7 Å². The van der Waals surface area contributed by atoms with Gasteiger partial charge in [0.2, 0.25) is 5.88 Å². The van der Waals surface area contributed by atoms with Crippen molar-refractivity contribution in [2.75, 3.05) is 19.8 Å². The van der Waals surface area contributed by atoms with E-state index in [9.17, 15) is 23.1 Å². The van der Waals surface area contributed by atoms with Gasteiger partial charge in [-0.2, -0.15) is 18.3 Å². The first-order valence-corrected chi connectivity index (χ1v) is 10.9. The smallest absolute Gasteiger partial charge is 0.416 e. The number of nitrogens with zero attached hydrogens (tertiary/aromatic N) is 2. The van der Waals surface area contributed by atoms with E-state index >= 15 is 0 Å². The number of carbonyl (C=O) groups excluding carboxylic acids is 1. The van der Waals surface area contributed by atoms with E-state index < -0.39 is 29.8 Å². The molecule has 0 spiro atoms. The second-order valence-electron chi connectivity index (χ2n) is 8.69. The van der Waals surface area contributed by atoms with E-state index in [0.717, 1.165) is 18.7 Å². The Morgan fingerprint density at radius 2 is 2.06 bits per heavy atom. The number of halogens is 3. The number of rotatable bonds is 6. The predicted molar refractivity (Wildman–Crippen MR) is 108 cm³/mol. The molecular formula is C22H24F3N3O5. The van der Waals surface area contributed by atoms with Gasteiger partial charge in [0.15, 0.2) is 5.69 Å². The zero-order valence-corrected chi connectivity index (χ0v) is 17.7. The number of aliphatic hydroxyl groups is 1. The quantitative estimate of drug-likeness (QED) is 0.679. The summed E-state index contributed by atoms with van der Waals surface area (Å²) in [6, 6.07) is 3.48. The topological polar surface area (TPSA) is 94.8 Å². The fraction of sp³-hybridized carbons (Fsp3) is 0.545. The molecule has 0 bridgehead atoms. The molecule has 0 radical (unpaired) electrons. The van der Waals surface area contributed by atoms with Crippen molar-refractivity contribution in [2.45, 2.75) is 50.2 Å². The normalized spacial score (nSPS) is 24.3. The summed E-state index contributed by atoms with van der Waals surface area (Å²) in [5.41, 5.74) is -0.833. The second kappa shape index (κ2) is 8.53. The molecule has 1 aliphatic carbocycles. The highest BCUT2D eigenvalue weighted by Crippen LogP contribution is 2.38. The Bertz CT molecular complexity index is 1040. The Balaban J connectivity index is 1.22. The predicted octanol–water partition coefficient (Wildman–Crippen LogP) is 2.70. The average molecular weight is 467 g/mol. The Labute approximate surface area is 187 Å². The number of fused-ring (bicyclic) bond motifs is 2. The van der Waals surface area contributed by atoms with E-state index in [4.69, 9.17) is 14.2 Å². The van der Waals surface area contributed by atoms with Crippen LogP contribution in [0.25, 0.3) is 0 Å². The summed E-state index contributed by atoms with van der Waals surface area (Å²) < 4.78 is 57.7. The summed E-state index contributed by atoms with van der Waals surface area (Å²) in [5, 5.41) is 17.5. The van der Waals surface area contributed by atoms with Crippen LogP contribution < -0.4 is 14.8 Å². The second-order valence-corrected chi connectivity index (χ2v) is 8.69. The minimum atomic E-state index is -4.55. The van der Waals surface area contributed by atoms with Gasteiger partial charge in [-0.1, -0.05) is 0 Å². The van der Waals surface area contributed by atoms with Gasteiger partial charge in [0, 0.05) is 31.2 Å². The molecule has 1 unspecified atom stereocenters. The van der Waals surface area contributed by atoms with E-state index in [2.05, 4.69) is 10.4 Å². The average Bonchev–Trinajstić information content (AvgIpc) is 3.50.